The molecule has 0 N–H and O–H groups in total. The molecule has 0 atom stereocenters. The Kier molecular flexibility index (Phi) is 6.89. The van der Waals surface area contributed by atoms with Gasteiger partial charge in [0.2, 0.25) is 0 Å². The molecule has 0 unspecified atom stereocenters. The second-order valence-corrected chi connectivity index (χ2v) is 4.86. The molecule has 104 valence electrons. The molecular weight excluding hydrogens is 287 g/mol. The molecule has 3 nitrogen and oxygen atoms in total. The highest BCUT2D eigenvalue weighted by Gasteiger charge is 2.10. The van der Waals surface area contributed by atoms with Gasteiger partial charge in [0.1, 0.15) is 5.78 Å². The Morgan fingerprint density at radius 1 is 1.11 bits per heavy atom. The van der Waals surface area contributed by atoms with Crippen molar-refractivity contribution in [3.05, 3.63) is 33.8 Å². The van der Waals surface area contributed by atoms with E-state index in [2.05, 4.69) is 0 Å². The maximum Gasteiger partial charge on any atom is 0.306 e. The second-order valence-electron chi connectivity index (χ2n) is 4.04. The lowest BCUT2D eigenvalue weighted by Gasteiger charge is -2.06. The molecule has 1 aromatic carbocycles. The molecule has 0 bridgehead atoms. The summed E-state index contributed by atoms with van der Waals surface area (Å²) in [6, 6.07) is 5.24. The van der Waals surface area contributed by atoms with Crippen molar-refractivity contribution in [1.82, 2.24) is 0 Å². The number of carbonyl (C=O) groups excluding carboxylic acids is 2. The molecule has 0 fully saturated rings. The molecular formula is C14H16Cl2O3. The Morgan fingerprint density at radius 2 is 1.74 bits per heavy atom. The van der Waals surface area contributed by atoms with Crippen LogP contribution in [0.25, 0.3) is 0 Å². The number of carbonyl (C=O) groups is 2. The van der Waals surface area contributed by atoms with Gasteiger partial charge in [0.25, 0.3) is 0 Å². The van der Waals surface area contributed by atoms with E-state index in [0.29, 0.717) is 29.5 Å². The molecule has 0 heterocycles. The SMILES string of the molecule is CCOC(=O)CCC(=O)CCc1c(Cl)cccc1Cl. The van der Waals surface area contributed by atoms with Crippen molar-refractivity contribution in [2.24, 2.45) is 0 Å². The summed E-state index contributed by atoms with van der Waals surface area (Å²) in [5.41, 5.74) is 0.773. The third kappa shape index (κ3) is 5.62. The summed E-state index contributed by atoms with van der Waals surface area (Å²) >= 11 is 12.0. The van der Waals surface area contributed by atoms with E-state index in [1.54, 1.807) is 25.1 Å². The lowest BCUT2D eigenvalue weighted by Crippen LogP contribution is -2.08. The van der Waals surface area contributed by atoms with E-state index in [1.807, 2.05) is 0 Å². The average molecular weight is 303 g/mol. The minimum Gasteiger partial charge on any atom is -0.466 e. The number of hydrogen-bond acceptors (Lipinski definition) is 3. The molecule has 0 aliphatic heterocycles. The van der Waals surface area contributed by atoms with E-state index in [9.17, 15) is 9.59 Å². The summed E-state index contributed by atoms with van der Waals surface area (Å²) in [6.07, 6.45) is 1.13. The summed E-state index contributed by atoms with van der Waals surface area (Å²) in [5, 5.41) is 1.12. The van der Waals surface area contributed by atoms with Crippen molar-refractivity contribution in [3.63, 3.8) is 0 Å². The third-order valence-corrected chi connectivity index (χ3v) is 3.34. The maximum atomic E-state index is 11.7. The molecule has 0 saturated heterocycles. The van der Waals surface area contributed by atoms with Crippen LogP contribution in [0, 0.1) is 0 Å². The summed E-state index contributed by atoms with van der Waals surface area (Å²) in [7, 11) is 0. The normalized spacial score (nSPS) is 10.3. The zero-order valence-electron chi connectivity index (χ0n) is 10.7. The number of ether oxygens (including phenoxy) is 1. The largest absolute Gasteiger partial charge is 0.466 e. The van der Waals surface area contributed by atoms with Gasteiger partial charge in [-0.1, -0.05) is 29.3 Å². The third-order valence-electron chi connectivity index (χ3n) is 2.63. The van der Waals surface area contributed by atoms with Gasteiger partial charge in [-0.3, -0.25) is 9.59 Å². The first-order valence-corrected chi connectivity index (χ1v) is 6.90. The highest BCUT2D eigenvalue weighted by molar-refractivity contribution is 6.36. The van der Waals surface area contributed by atoms with E-state index in [0.717, 1.165) is 5.56 Å². The van der Waals surface area contributed by atoms with Crippen LogP contribution >= 0.6 is 23.2 Å². The van der Waals surface area contributed by atoms with Gasteiger partial charge < -0.3 is 4.74 Å². The van der Waals surface area contributed by atoms with Crippen LogP contribution in [0.4, 0.5) is 0 Å². The predicted octanol–water partition coefficient (Wildman–Crippen LogP) is 3.84. The topological polar surface area (TPSA) is 43.4 Å². The molecule has 5 heteroatoms. The van der Waals surface area contributed by atoms with Gasteiger partial charge in [0, 0.05) is 22.9 Å². The molecule has 0 aromatic heterocycles. The lowest BCUT2D eigenvalue weighted by atomic mass is 10.0. The number of rotatable bonds is 7. The number of Topliss-reactive ketones (excluding diaryl/α,β-unsaturated/α-hetero) is 1. The number of benzene rings is 1. The van der Waals surface area contributed by atoms with Gasteiger partial charge in [-0.2, -0.15) is 0 Å². The minimum atomic E-state index is -0.341. The summed E-state index contributed by atoms with van der Waals surface area (Å²) in [5.74, 6) is -0.337. The Morgan fingerprint density at radius 3 is 2.32 bits per heavy atom. The van der Waals surface area contributed by atoms with Crippen LogP contribution in [-0.4, -0.2) is 18.4 Å². The Balaban J connectivity index is 2.40. The number of ketones is 1. The zero-order chi connectivity index (χ0) is 14.3. The first kappa shape index (κ1) is 16.0. The molecule has 1 aromatic rings. The molecule has 0 amide bonds. The van der Waals surface area contributed by atoms with E-state index < -0.39 is 0 Å². The Hall–Kier alpha value is -1.06. The van der Waals surface area contributed by atoms with E-state index in [1.165, 1.54) is 0 Å². The van der Waals surface area contributed by atoms with Crippen molar-refractivity contribution < 1.29 is 14.3 Å². The van der Waals surface area contributed by atoms with Gasteiger partial charge in [-0.05, 0) is 31.0 Å². The van der Waals surface area contributed by atoms with Crippen LogP contribution in [0.2, 0.25) is 10.0 Å². The van der Waals surface area contributed by atoms with Crippen LogP contribution in [0.15, 0.2) is 18.2 Å². The Bertz CT molecular complexity index is 438. The molecule has 0 aliphatic carbocycles. The van der Waals surface area contributed by atoms with Gasteiger partial charge >= 0.3 is 5.97 Å². The molecule has 1 rings (SSSR count). The van der Waals surface area contributed by atoms with Crippen LogP contribution in [-0.2, 0) is 20.7 Å². The number of halogens is 2. The number of hydrogen-bond donors (Lipinski definition) is 0. The minimum absolute atomic E-state index is 0.00374. The van der Waals surface area contributed by atoms with Gasteiger partial charge in [-0.15, -0.1) is 0 Å². The van der Waals surface area contributed by atoms with Crippen molar-refractivity contribution >= 4 is 35.0 Å². The van der Waals surface area contributed by atoms with Crippen LogP contribution in [0.3, 0.4) is 0 Å². The lowest BCUT2D eigenvalue weighted by molar-refractivity contribution is -0.144. The van der Waals surface area contributed by atoms with Crippen LogP contribution < -0.4 is 0 Å². The molecule has 0 saturated carbocycles. The smallest absolute Gasteiger partial charge is 0.306 e. The second kappa shape index (κ2) is 8.18. The van der Waals surface area contributed by atoms with Crippen molar-refractivity contribution in [1.29, 1.82) is 0 Å². The first-order chi connectivity index (χ1) is 9.04. The summed E-state index contributed by atoms with van der Waals surface area (Å²) in [4.78, 5) is 22.8. The fourth-order valence-corrected chi connectivity index (χ4v) is 2.22. The highest BCUT2D eigenvalue weighted by atomic mass is 35.5. The first-order valence-electron chi connectivity index (χ1n) is 6.14. The molecule has 19 heavy (non-hydrogen) atoms. The Labute approximate surface area is 122 Å². The van der Waals surface area contributed by atoms with Crippen LogP contribution in [0.1, 0.15) is 31.7 Å². The van der Waals surface area contributed by atoms with Gasteiger partial charge in [0.15, 0.2) is 0 Å². The monoisotopic (exact) mass is 302 g/mol. The van der Waals surface area contributed by atoms with E-state index in [-0.39, 0.29) is 24.6 Å². The van der Waals surface area contributed by atoms with Crippen molar-refractivity contribution in [2.45, 2.75) is 32.6 Å². The van der Waals surface area contributed by atoms with Gasteiger partial charge in [-0.25, -0.2) is 0 Å². The quantitative estimate of drug-likeness (QED) is 0.719. The summed E-state index contributed by atoms with van der Waals surface area (Å²) in [6.45, 7) is 2.07. The fourth-order valence-electron chi connectivity index (χ4n) is 1.64. The predicted molar refractivity (Wildman–Crippen MR) is 75.7 cm³/mol. The van der Waals surface area contributed by atoms with E-state index >= 15 is 0 Å². The van der Waals surface area contributed by atoms with Crippen molar-refractivity contribution in [3.8, 4) is 0 Å². The summed E-state index contributed by atoms with van der Waals surface area (Å²) < 4.78 is 4.76. The standard InChI is InChI=1S/C14H16Cl2O3/c1-2-19-14(18)9-7-10(17)6-8-11-12(15)4-3-5-13(11)16/h3-5H,2,6-9H2,1H3. The highest BCUT2D eigenvalue weighted by Crippen LogP contribution is 2.25. The van der Waals surface area contributed by atoms with Crippen LogP contribution in [0.5, 0.6) is 0 Å². The van der Waals surface area contributed by atoms with Gasteiger partial charge in [0.05, 0.1) is 13.0 Å². The molecule has 0 spiro atoms. The number of esters is 1. The van der Waals surface area contributed by atoms with E-state index in [4.69, 9.17) is 27.9 Å². The fraction of sp³-hybridized carbons (Fsp3) is 0.429. The molecule has 0 aliphatic rings. The zero-order valence-corrected chi connectivity index (χ0v) is 12.3. The molecule has 0 radical (unpaired) electrons. The average Bonchev–Trinajstić information content (AvgIpc) is 2.36. The maximum absolute atomic E-state index is 11.7. The van der Waals surface area contributed by atoms with Crippen molar-refractivity contribution in [2.75, 3.05) is 6.61 Å².